The normalized spacial score (nSPS) is 28.8. The van der Waals surface area contributed by atoms with Gasteiger partial charge in [-0.25, -0.2) is 0 Å². The second-order valence-corrected chi connectivity index (χ2v) is 11.4. The number of nitrogens with zero attached hydrogens (tertiary/aromatic N) is 1. The highest BCUT2D eigenvalue weighted by Crippen LogP contribution is 2.39. The summed E-state index contributed by atoms with van der Waals surface area (Å²) >= 11 is 0. The third-order valence-electron chi connectivity index (χ3n) is 8.63. The molecule has 0 bridgehead atoms. The van der Waals surface area contributed by atoms with Crippen molar-refractivity contribution in [1.82, 2.24) is 0 Å². The van der Waals surface area contributed by atoms with E-state index in [0.29, 0.717) is 44.2 Å². The van der Waals surface area contributed by atoms with Gasteiger partial charge in [-0.05, 0) is 91.6 Å². The lowest BCUT2D eigenvalue weighted by atomic mass is 9.98. The van der Waals surface area contributed by atoms with E-state index in [0.717, 1.165) is 29.8 Å². The van der Waals surface area contributed by atoms with Gasteiger partial charge in [0.05, 0.1) is 37.6 Å². The van der Waals surface area contributed by atoms with Gasteiger partial charge in [0, 0.05) is 17.9 Å². The third-order valence-corrected chi connectivity index (χ3v) is 8.63. The third kappa shape index (κ3) is 5.85. The Morgan fingerprint density at radius 3 is 1.56 bits per heavy atom. The summed E-state index contributed by atoms with van der Waals surface area (Å²) in [6.07, 6.45) is 8.89. The minimum Gasteiger partial charge on any atom is -0.508 e. The number of anilines is 2. The minimum absolute atomic E-state index is 0.230. The first-order chi connectivity index (χ1) is 19.2. The number of hydrogen-bond acceptors (Lipinski definition) is 6. The van der Waals surface area contributed by atoms with Crippen LogP contribution >= 0.6 is 0 Å². The summed E-state index contributed by atoms with van der Waals surface area (Å²) in [5, 5.41) is 9.76. The van der Waals surface area contributed by atoms with Crippen LogP contribution in [0, 0.1) is 0 Å². The predicted molar refractivity (Wildman–Crippen MR) is 149 cm³/mol. The molecular weight excluding hydrogens is 490 g/mol. The summed E-state index contributed by atoms with van der Waals surface area (Å²) in [4.78, 5) is 2.30. The van der Waals surface area contributed by atoms with Crippen molar-refractivity contribution in [1.29, 1.82) is 0 Å². The van der Waals surface area contributed by atoms with Crippen molar-refractivity contribution < 1.29 is 24.1 Å². The number of ether oxygens (including phenoxy) is 4. The van der Waals surface area contributed by atoms with Crippen LogP contribution in [0.25, 0.3) is 0 Å². The molecule has 4 fully saturated rings. The first-order valence-corrected chi connectivity index (χ1v) is 14.5. The van der Waals surface area contributed by atoms with Crippen LogP contribution in [-0.4, -0.2) is 41.7 Å². The Balaban J connectivity index is 1.03. The van der Waals surface area contributed by atoms with Crippen LogP contribution in [0.15, 0.2) is 72.8 Å². The lowest BCUT2D eigenvalue weighted by molar-refractivity contribution is 0.0135. The first-order valence-electron chi connectivity index (χ1n) is 14.5. The summed E-state index contributed by atoms with van der Waals surface area (Å²) in [5.74, 6) is 0.278. The van der Waals surface area contributed by atoms with Crippen molar-refractivity contribution in [3.8, 4) is 5.75 Å². The molecule has 2 aliphatic carbocycles. The number of epoxide rings is 2. The van der Waals surface area contributed by atoms with Crippen molar-refractivity contribution in [3.63, 3.8) is 0 Å². The lowest BCUT2D eigenvalue weighted by Gasteiger charge is -2.26. The fraction of sp³-hybridized carbons (Fsp3) is 0.455. The molecule has 0 radical (unpaired) electrons. The van der Waals surface area contributed by atoms with E-state index in [2.05, 4.69) is 53.4 Å². The first kappa shape index (κ1) is 25.1. The van der Waals surface area contributed by atoms with Gasteiger partial charge in [0.2, 0.25) is 0 Å². The van der Waals surface area contributed by atoms with Crippen molar-refractivity contribution >= 4 is 11.4 Å². The van der Waals surface area contributed by atoms with Gasteiger partial charge in [0.15, 0.2) is 0 Å². The summed E-state index contributed by atoms with van der Waals surface area (Å²) in [5.41, 5.74) is 5.68. The standard InChI is InChI=1S/C33H37NO5/c35-27-17-11-22(12-18-27)19-34(25-13-7-23(8-14-25)20-36-28-3-1-5-30-32(28)38-30)26-15-9-24(10-16-26)21-37-29-4-2-6-31-33(29)39-31/h7-18,28-33,35H,1-6,19-21H2. The Hall–Kier alpha value is -2.90. The molecular formula is C33H37NO5. The molecule has 1 N–H and O–H groups in total. The molecule has 2 saturated carbocycles. The molecule has 2 aliphatic heterocycles. The van der Waals surface area contributed by atoms with Crippen molar-refractivity contribution in [2.24, 2.45) is 0 Å². The highest BCUT2D eigenvalue weighted by molar-refractivity contribution is 5.64. The van der Waals surface area contributed by atoms with Gasteiger partial charge in [0.25, 0.3) is 0 Å². The highest BCUT2D eigenvalue weighted by atomic mass is 16.6. The van der Waals surface area contributed by atoms with E-state index in [-0.39, 0.29) is 18.0 Å². The Bertz CT molecular complexity index is 1170. The number of aromatic hydroxyl groups is 1. The second-order valence-electron chi connectivity index (χ2n) is 11.4. The second kappa shape index (κ2) is 10.9. The SMILES string of the molecule is Oc1ccc(CN(c2ccc(COC3CCCC4OC34)cc2)c2ccc(COC3CCCC4OC34)cc2)cc1. The van der Waals surface area contributed by atoms with Crippen molar-refractivity contribution in [3.05, 3.63) is 89.5 Å². The summed E-state index contributed by atoms with van der Waals surface area (Å²) in [7, 11) is 0. The van der Waals surface area contributed by atoms with E-state index >= 15 is 0 Å². The maximum Gasteiger partial charge on any atom is 0.115 e. The summed E-state index contributed by atoms with van der Waals surface area (Å²) in [6.45, 7) is 1.91. The van der Waals surface area contributed by atoms with Crippen LogP contribution in [-0.2, 0) is 38.7 Å². The molecule has 3 aromatic carbocycles. The summed E-state index contributed by atoms with van der Waals surface area (Å²) in [6, 6.07) is 24.7. The van der Waals surface area contributed by atoms with Gasteiger partial charge in [0.1, 0.15) is 18.0 Å². The fourth-order valence-corrected chi connectivity index (χ4v) is 6.22. The Kier molecular flexibility index (Phi) is 7.03. The average molecular weight is 528 g/mol. The van der Waals surface area contributed by atoms with Crippen molar-refractivity contribution in [2.45, 2.75) is 94.9 Å². The van der Waals surface area contributed by atoms with Crippen LogP contribution in [0.2, 0.25) is 0 Å². The summed E-state index contributed by atoms with van der Waals surface area (Å²) < 4.78 is 23.9. The molecule has 2 heterocycles. The van der Waals surface area contributed by atoms with Gasteiger partial charge in [-0.15, -0.1) is 0 Å². The molecule has 3 aromatic rings. The van der Waals surface area contributed by atoms with Crippen LogP contribution in [0.4, 0.5) is 11.4 Å². The quantitative estimate of drug-likeness (QED) is 0.308. The molecule has 0 amide bonds. The number of phenols is 1. The number of fused-ring (bicyclic) bond motifs is 2. The topological polar surface area (TPSA) is 67.0 Å². The molecule has 4 aliphatic rings. The van der Waals surface area contributed by atoms with Crippen LogP contribution in [0.5, 0.6) is 5.75 Å². The molecule has 2 saturated heterocycles. The lowest BCUT2D eigenvalue weighted by Crippen LogP contribution is -2.25. The minimum atomic E-state index is 0.230. The average Bonchev–Trinajstić information content (AvgIpc) is 3.90. The maximum atomic E-state index is 9.76. The highest BCUT2D eigenvalue weighted by Gasteiger charge is 2.48. The van der Waals surface area contributed by atoms with E-state index in [9.17, 15) is 5.11 Å². The van der Waals surface area contributed by atoms with Crippen LogP contribution in [0.1, 0.15) is 55.2 Å². The van der Waals surface area contributed by atoms with Crippen LogP contribution in [0.3, 0.4) is 0 Å². The van der Waals surface area contributed by atoms with E-state index in [1.54, 1.807) is 12.1 Å². The molecule has 6 heteroatoms. The monoisotopic (exact) mass is 527 g/mol. The van der Waals surface area contributed by atoms with E-state index < -0.39 is 0 Å². The maximum absolute atomic E-state index is 9.76. The number of rotatable bonds is 10. The smallest absolute Gasteiger partial charge is 0.115 e. The predicted octanol–water partition coefficient (Wildman–Crippen LogP) is 6.40. The van der Waals surface area contributed by atoms with Gasteiger partial charge < -0.3 is 29.0 Å². The zero-order valence-electron chi connectivity index (χ0n) is 22.3. The van der Waals surface area contributed by atoms with E-state index in [4.69, 9.17) is 18.9 Å². The zero-order chi connectivity index (χ0) is 26.2. The molecule has 6 nitrogen and oxygen atoms in total. The van der Waals surface area contributed by atoms with Crippen molar-refractivity contribution in [2.75, 3.05) is 4.90 Å². The van der Waals surface area contributed by atoms with Gasteiger partial charge >= 0.3 is 0 Å². The molecule has 6 atom stereocenters. The van der Waals surface area contributed by atoms with E-state index in [1.165, 1.54) is 36.8 Å². The van der Waals surface area contributed by atoms with Gasteiger partial charge in [-0.3, -0.25) is 0 Å². The molecule has 39 heavy (non-hydrogen) atoms. The van der Waals surface area contributed by atoms with Crippen LogP contribution < -0.4 is 4.90 Å². The largest absolute Gasteiger partial charge is 0.508 e. The Morgan fingerprint density at radius 1 is 0.615 bits per heavy atom. The Labute approximate surface area is 230 Å². The van der Waals surface area contributed by atoms with Gasteiger partial charge in [-0.2, -0.15) is 0 Å². The Morgan fingerprint density at radius 2 is 1.08 bits per heavy atom. The number of phenolic OH excluding ortho intramolecular Hbond substituents is 1. The van der Waals surface area contributed by atoms with E-state index in [1.807, 2.05) is 12.1 Å². The molecule has 0 spiro atoms. The molecule has 6 unspecified atom stereocenters. The molecule has 0 aromatic heterocycles. The zero-order valence-corrected chi connectivity index (χ0v) is 22.3. The fourth-order valence-electron chi connectivity index (χ4n) is 6.22. The number of benzene rings is 3. The van der Waals surface area contributed by atoms with Gasteiger partial charge in [-0.1, -0.05) is 36.4 Å². The molecule has 204 valence electrons. The molecule has 7 rings (SSSR count). The number of hydrogen-bond donors (Lipinski definition) is 1.